The molecule has 0 heterocycles. The van der Waals surface area contributed by atoms with Gasteiger partial charge in [0.15, 0.2) is 6.10 Å². The molecule has 0 aromatic carbocycles. The Morgan fingerprint density at radius 3 is 1.10 bits per heavy atom. The normalized spacial score (nSPS) is 12.8. The Kier molecular flexibility index (Phi) is 45.5. The third-order valence-corrected chi connectivity index (χ3v) is 10.1. The van der Waals surface area contributed by atoms with Gasteiger partial charge in [-0.05, 0) is 103 Å². The molecule has 6 heteroatoms. The largest absolute Gasteiger partial charge is 0.462 e. The molecule has 6 nitrogen and oxygen atoms in total. The van der Waals surface area contributed by atoms with E-state index >= 15 is 0 Å². The highest BCUT2D eigenvalue weighted by Gasteiger charge is 2.19. The summed E-state index contributed by atoms with van der Waals surface area (Å²) in [6.07, 6.45) is 61.5. The van der Waals surface area contributed by atoms with E-state index in [0.717, 1.165) is 103 Å². The highest BCUT2D eigenvalue weighted by molar-refractivity contribution is 5.71. The molecule has 60 heavy (non-hydrogen) atoms. The van der Waals surface area contributed by atoms with Gasteiger partial charge < -0.3 is 14.2 Å². The van der Waals surface area contributed by atoms with Crippen molar-refractivity contribution in [1.82, 2.24) is 0 Å². The van der Waals surface area contributed by atoms with Crippen molar-refractivity contribution in [3.8, 4) is 0 Å². The van der Waals surface area contributed by atoms with Crippen molar-refractivity contribution in [2.45, 2.75) is 226 Å². The zero-order valence-electron chi connectivity index (χ0n) is 38.9. The van der Waals surface area contributed by atoms with Crippen molar-refractivity contribution in [1.29, 1.82) is 0 Å². The van der Waals surface area contributed by atoms with Crippen molar-refractivity contribution >= 4 is 17.9 Å². The van der Waals surface area contributed by atoms with E-state index in [4.69, 9.17) is 14.2 Å². The van der Waals surface area contributed by atoms with Crippen LogP contribution in [0.15, 0.2) is 85.1 Å². The van der Waals surface area contributed by atoms with Gasteiger partial charge in [-0.15, -0.1) is 0 Å². The second-order valence-corrected chi connectivity index (χ2v) is 16.0. The molecule has 0 radical (unpaired) electrons. The summed E-state index contributed by atoms with van der Waals surface area (Å²) in [5.74, 6) is -1.02. The second kappa shape index (κ2) is 48.3. The molecule has 0 aliphatic heterocycles. The number of ether oxygens (including phenoxy) is 3. The zero-order valence-corrected chi connectivity index (χ0v) is 38.9. The van der Waals surface area contributed by atoms with E-state index in [1.54, 1.807) is 0 Å². The number of hydrogen-bond donors (Lipinski definition) is 0. The molecule has 0 aliphatic rings. The monoisotopic (exact) mass is 835 g/mol. The Morgan fingerprint density at radius 1 is 0.350 bits per heavy atom. The summed E-state index contributed by atoms with van der Waals surface area (Å²) >= 11 is 0. The molecular formula is C54H90O6. The maximum Gasteiger partial charge on any atom is 0.306 e. The standard InChI is InChI=1S/C54H90O6/c1-4-7-10-13-16-19-22-25-26-27-30-32-35-38-41-44-47-53(56)59-50-51(60-54(57)48-45-42-39-36-33-29-24-21-18-15-12-9-6-3)49-58-52(55)46-43-40-37-34-31-28-23-20-17-14-11-8-5-2/h9,12,18-23,26-27,29,33,39,42,51H,4-8,10-11,13-17,24-25,28,30-32,34-38,40-41,43-50H2,1-3H3/b12-9-,21-18-,22-19-,23-20-,27-26-,33-29-,42-39-. The molecule has 0 aromatic rings. The number of carbonyl (C=O) groups excluding carboxylic acids is 3. The lowest BCUT2D eigenvalue weighted by molar-refractivity contribution is -0.166. The van der Waals surface area contributed by atoms with Gasteiger partial charge in [-0.3, -0.25) is 14.4 Å². The SMILES string of the molecule is CC/C=C\C/C=C\C/C=C\C/C=C\CCC(=O)OC(COC(=O)CCCCCCC/C=C\C/C=C\CCCCCC)COC(=O)CCCCCCC/C=C\CCCCCC. The van der Waals surface area contributed by atoms with Gasteiger partial charge in [-0.2, -0.15) is 0 Å². The molecule has 0 spiro atoms. The number of rotatable bonds is 43. The van der Waals surface area contributed by atoms with Gasteiger partial charge in [0.1, 0.15) is 13.2 Å². The van der Waals surface area contributed by atoms with Crippen LogP contribution in [0.1, 0.15) is 220 Å². The van der Waals surface area contributed by atoms with Crippen LogP contribution in [0, 0.1) is 0 Å². The van der Waals surface area contributed by atoms with Crippen LogP contribution in [0.5, 0.6) is 0 Å². The molecule has 0 bridgehead atoms. The fourth-order valence-electron chi connectivity index (χ4n) is 6.42. The smallest absolute Gasteiger partial charge is 0.306 e. The number of hydrogen-bond acceptors (Lipinski definition) is 6. The Hall–Kier alpha value is -3.41. The predicted molar refractivity (Wildman–Crippen MR) is 256 cm³/mol. The molecule has 342 valence electrons. The third-order valence-electron chi connectivity index (χ3n) is 10.1. The average Bonchev–Trinajstić information content (AvgIpc) is 3.24. The molecule has 0 N–H and O–H groups in total. The summed E-state index contributed by atoms with van der Waals surface area (Å²) in [4.78, 5) is 37.8. The van der Waals surface area contributed by atoms with E-state index in [1.165, 1.54) is 70.6 Å². The van der Waals surface area contributed by atoms with Crippen molar-refractivity contribution < 1.29 is 28.6 Å². The van der Waals surface area contributed by atoms with Crippen LogP contribution < -0.4 is 0 Å². The van der Waals surface area contributed by atoms with Crippen LogP contribution in [0.25, 0.3) is 0 Å². The molecule has 1 unspecified atom stereocenters. The maximum absolute atomic E-state index is 12.7. The van der Waals surface area contributed by atoms with Crippen LogP contribution in [-0.4, -0.2) is 37.2 Å². The van der Waals surface area contributed by atoms with Crippen molar-refractivity contribution in [3.05, 3.63) is 85.1 Å². The summed E-state index contributed by atoms with van der Waals surface area (Å²) in [5.41, 5.74) is 0. The van der Waals surface area contributed by atoms with E-state index < -0.39 is 12.1 Å². The molecule has 0 saturated heterocycles. The van der Waals surface area contributed by atoms with Gasteiger partial charge >= 0.3 is 17.9 Å². The van der Waals surface area contributed by atoms with Gasteiger partial charge in [0.25, 0.3) is 0 Å². The van der Waals surface area contributed by atoms with E-state index in [2.05, 4.69) is 93.7 Å². The molecule has 1 atom stereocenters. The maximum atomic E-state index is 12.7. The van der Waals surface area contributed by atoms with Crippen LogP contribution in [0.4, 0.5) is 0 Å². The predicted octanol–water partition coefficient (Wildman–Crippen LogP) is 16.0. The van der Waals surface area contributed by atoms with E-state index in [-0.39, 0.29) is 31.6 Å². The van der Waals surface area contributed by atoms with Gasteiger partial charge in [-0.1, -0.05) is 183 Å². The van der Waals surface area contributed by atoms with Crippen LogP contribution in [-0.2, 0) is 28.6 Å². The summed E-state index contributed by atoms with van der Waals surface area (Å²) in [6, 6.07) is 0. The molecule has 0 rings (SSSR count). The quantitative estimate of drug-likeness (QED) is 0.0263. The van der Waals surface area contributed by atoms with Crippen molar-refractivity contribution in [3.63, 3.8) is 0 Å². The lowest BCUT2D eigenvalue weighted by Crippen LogP contribution is -2.30. The van der Waals surface area contributed by atoms with Crippen molar-refractivity contribution in [2.24, 2.45) is 0 Å². The lowest BCUT2D eigenvalue weighted by atomic mass is 10.1. The Morgan fingerprint density at radius 2 is 0.683 bits per heavy atom. The number of esters is 3. The third kappa shape index (κ3) is 45.7. The summed E-state index contributed by atoms with van der Waals surface area (Å²) < 4.78 is 16.7. The first-order valence-electron chi connectivity index (χ1n) is 24.6. The van der Waals surface area contributed by atoms with Gasteiger partial charge in [0.05, 0.1) is 0 Å². The number of carbonyl (C=O) groups is 3. The summed E-state index contributed by atoms with van der Waals surface area (Å²) in [6.45, 7) is 6.39. The Balaban J connectivity index is 4.51. The fraction of sp³-hybridized carbons (Fsp3) is 0.685. The molecule has 0 amide bonds. The number of allylic oxidation sites excluding steroid dienone is 14. The minimum absolute atomic E-state index is 0.115. The van der Waals surface area contributed by atoms with E-state index in [0.29, 0.717) is 19.3 Å². The Bertz CT molecular complexity index is 1190. The lowest BCUT2D eigenvalue weighted by Gasteiger charge is -2.18. The van der Waals surface area contributed by atoms with E-state index in [9.17, 15) is 14.4 Å². The zero-order chi connectivity index (χ0) is 43.7. The average molecular weight is 835 g/mol. The van der Waals surface area contributed by atoms with Crippen LogP contribution in [0.2, 0.25) is 0 Å². The van der Waals surface area contributed by atoms with Gasteiger partial charge in [0.2, 0.25) is 0 Å². The molecule has 0 aliphatic carbocycles. The van der Waals surface area contributed by atoms with Gasteiger partial charge in [0, 0.05) is 19.3 Å². The van der Waals surface area contributed by atoms with Crippen molar-refractivity contribution in [2.75, 3.05) is 13.2 Å². The molecular weight excluding hydrogens is 745 g/mol. The summed E-state index contributed by atoms with van der Waals surface area (Å²) in [5, 5.41) is 0. The first-order valence-corrected chi connectivity index (χ1v) is 24.6. The fourth-order valence-corrected chi connectivity index (χ4v) is 6.42. The first kappa shape index (κ1) is 56.6. The van der Waals surface area contributed by atoms with E-state index in [1.807, 2.05) is 12.2 Å². The first-order chi connectivity index (χ1) is 29.5. The van der Waals surface area contributed by atoms with Crippen LogP contribution >= 0.6 is 0 Å². The molecule has 0 saturated carbocycles. The Labute approximate surface area is 369 Å². The van der Waals surface area contributed by atoms with Crippen LogP contribution in [0.3, 0.4) is 0 Å². The topological polar surface area (TPSA) is 78.9 Å². The highest BCUT2D eigenvalue weighted by Crippen LogP contribution is 2.12. The summed E-state index contributed by atoms with van der Waals surface area (Å²) in [7, 11) is 0. The minimum atomic E-state index is -0.822. The molecule has 0 fully saturated rings. The molecule has 0 aromatic heterocycles. The number of unbranched alkanes of at least 4 members (excludes halogenated alkanes) is 18. The highest BCUT2D eigenvalue weighted by atomic mass is 16.6. The second-order valence-electron chi connectivity index (χ2n) is 16.0. The van der Waals surface area contributed by atoms with Gasteiger partial charge in [-0.25, -0.2) is 0 Å². The minimum Gasteiger partial charge on any atom is -0.462 e.